The number of carbonyl (C=O) groups excluding carboxylic acids is 3. The minimum atomic E-state index is -4.48. The van der Waals surface area contributed by atoms with Gasteiger partial charge in [0, 0.05) is 50.5 Å². The topological polar surface area (TPSA) is 130 Å². The van der Waals surface area contributed by atoms with Crippen LogP contribution in [0.15, 0.2) is 42.5 Å². The first-order valence-corrected chi connectivity index (χ1v) is 16.1. The van der Waals surface area contributed by atoms with E-state index >= 15 is 0 Å². The average molecular weight is 681 g/mol. The molecule has 0 bridgehead atoms. The molecule has 0 aliphatic carbocycles. The number of carbonyl (C=O) groups is 3. The second-order valence-corrected chi connectivity index (χ2v) is 12.2. The fraction of sp³-hybridized carbons (Fsp3) is 0.559. The number of amides is 4. The highest BCUT2D eigenvalue weighted by atomic mass is 19.4. The molecule has 1 heterocycles. The van der Waals surface area contributed by atoms with Gasteiger partial charge in [-0.15, -0.1) is 0 Å². The summed E-state index contributed by atoms with van der Waals surface area (Å²) in [6.45, 7) is 5.86. The van der Waals surface area contributed by atoms with E-state index in [0.29, 0.717) is 24.5 Å². The Morgan fingerprint density at radius 1 is 1.10 bits per heavy atom. The molecule has 266 valence electrons. The number of ether oxygens (including phenoxy) is 3. The number of aliphatic hydroxyl groups excluding tert-OH is 1. The van der Waals surface area contributed by atoms with Crippen LogP contribution in [-0.4, -0.2) is 97.6 Å². The molecular formula is C34H47F3N4O7. The fourth-order valence-corrected chi connectivity index (χ4v) is 5.19. The van der Waals surface area contributed by atoms with Gasteiger partial charge in [0.15, 0.2) is 0 Å². The van der Waals surface area contributed by atoms with Crippen LogP contribution in [0.25, 0.3) is 0 Å². The number of rotatable bonds is 9. The summed E-state index contributed by atoms with van der Waals surface area (Å²) in [5.74, 6) is -0.744. The monoisotopic (exact) mass is 680 g/mol. The van der Waals surface area contributed by atoms with Crippen LogP contribution >= 0.6 is 0 Å². The molecule has 11 nitrogen and oxygen atoms in total. The van der Waals surface area contributed by atoms with E-state index in [-0.39, 0.29) is 54.7 Å². The van der Waals surface area contributed by atoms with E-state index in [4.69, 9.17) is 14.2 Å². The van der Waals surface area contributed by atoms with E-state index in [9.17, 15) is 32.7 Å². The number of urea groups is 1. The molecule has 1 aliphatic rings. The summed E-state index contributed by atoms with van der Waals surface area (Å²) in [5, 5.41) is 15.4. The molecule has 0 saturated heterocycles. The molecule has 0 spiro atoms. The Bertz CT molecular complexity index is 1360. The number of likely N-dealkylation sites (N-methyl/N-ethyl adjacent to an activating group) is 1. The quantitative estimate of drug-likeness (QED) is 0.299. The molecule has 3 rings (SSSR count). The Morgan fingerprint density at radius 2 is 1.79 bits per heavy atom. The number of benzene rings is 2. The number of hydrogen-bond acceptors (Lipinski definition) is 7. The van der Waals surface area contributed by atoms with Crippen molar-refractivity contribution in [2.24, 2.45) is 5.92 Å². The molecule has 0 saturated carbocycles. The Labute approximate surface area is 279 Å². The van der Waals surface area contributed by atoms with Gasteiger partial charge in [-0.2, -0.15) is 13.2 Å². The average Bonchev–Trinajstić information content (AvgIpc) is 3.05. The first kappa shape index (κ1) is 38.4. The fourth-order valence-electron chi connectivity index (χ4n) is 5.19. The molecule has 48 heavy (non-hydrogen) atoms. The van der Waals surface area contributed by atoms with Crippen molar-refractivity contribution in [1.29, 1.82) is 0 Å². The van der Waals surface area contributed by atoms with Crippen LogP contribution in [0.2, 0.25) is 0 Å². The molecule has 2 aromatic rings. The highest BCUT2D eigenvalue weighted by molar-refractivity contribution is 5.99. The summed E-state index contributed by atoms with van der Waals surface area (Å²) in [5.41, 5.74) is 0.822. The maximum absolute atomic E-state index is 14.2. The van der Waals surface area contributed by atoms with Crippen LogP contribution in [0.3, 0.4) is 0 Å². The van der Waals surface area contributed by atoms with Crippen molar-refractivity contribution >= 4 is 29.2 Å². The van der Waals surface area contributed by atoms with Gasteiger partial charge in [-0.05, 0) is 75.6 Å². The van der Waals surface area contributed by atoms with Crippen molar-refractivity contribution in [2.75, 3.05) is 51.1 Å². The van der Waals surface area contributed by atoms with E-state index in [0.717, 1.165) is 12.8 Å². The minimum Gasteiger partial charge on any atom is -0.497 e. The predicted octanol–water partition coefficient (Wildman–Crippen LogP) is 5.94. The van der Waals surface area contributed by atoms with E-state index in [1.807, 2.05) is 13.8 Å². The highest BCUT2D eigenvalue weighted by Crippen LogP contribution is 2.29. The number of alkyl halides is 3. The highest BCUT2D eigenvalue weighted by Gasteiger charge is 2.32. The third-order valence-corrected chi connectivity index (χ3v) is 8.11. The van der Waals surface area contributed by atoms with E-state index in [1.165, 1.54) is 28.0 Å². The number of nitrogens with zero attached hydrogens (tertiary/aromatic N) is 2. The standard InChI is InChI=1S/C34H47F3N4O7/c1-22-19-41(23(2)21-42)32(44)28-18-26(38-31(43)15-16-34(35,36)37)11-14-29(28)48-24(3)8-6-7-17-47-30(22)20-40(4)33(45)39-25-9-12-27(46-5)13-10-25/h9-14,18,22-24,30,42H,6-8,15-17,19-21H2,1-5H3,(H,38,43)(H,39,45)/t22-,23-,24+,30+/m1/s1. The number of aliphatic hydroxyl groups is 1. The Morgan fingerprint density at radius 3 is 2.44 bits per heavy atom. The van der Waals surface area contributed by atoms with E-state index in [2.05, 4.69) is 10.6 Å². The molecule has 3 N–H and O–H groups in total. The van der Waals surface area contributed by atoms with Crippen molar-refractivity contribution in [2.45, 2.75) is 77.3 Å². The summed E-state index contributed by atoms with van der Waals surface area (Å²) >= 11 is 0. The second kappa shape index (κ2) is 17.9. The smallest absolute Gasteiger partial charge is 0.389 e. The molecular weight excluding hydrogens is 633 g/mol. The van der Waals surface area contributed by atoms with Crippen molar-refractivity contribution in [3.63, 3.8) is 0 Å². The molecule has 4 amide bonds. The van der Waals surface area contributed by atoms with Gasteiger partial charge in [0.1, 0.15) is 11.5 Å². The van der Waals surface area contributed by atoms with Crippen LogP contribution < -0.4 is 20.1 Å². The van der Waals surface area contributed by atoms with Gasteiger partial charge in [0.05, 0.1) is 44.0 Å². The lowest BCUT2D eigenvalue weighted by Crippen LogP contribution is -2.48. The van der Waals surface area contributed by atoms with Crippen LogP contribution in [0, 0.1) is 5.92 Å². The van der Waals surface area contributed by atoms with E-state index < -0.39 is 43.0 Å². The van der Waals surface area contributed by atoms with Gasteiger partial charge >= 0.3 is 12.2 Å². The van der Waals surface area contributed by atoms with Crippen LogP contribution in [0.4, 0.5) is 29.3 Å². The summed E-state index contributed by atoms with van der Waals surface area (Å²) in [6, 6.07) is 10.3. The predicted molar refractivity (Wildman–Crippen MR) is 175 cm³/mol. The lowest BCUT2D eigenvalue weighted by Gasteiger charge is -2.35. The van der Waals surface area contributed by atoms with Gasteiger partial charge in [0.25, 0.3) is 5.91 Å². The Hall–Kier alpha value is -4.04. The Kier molecular flexibility index (Phi) is 14.3. The molecule has 2 aromatic carbocycles. The molecule has 0 fully saturated rings. The summed E-state index contributed by atoms with van der Waals surface area (Å²) in [4.78, 5) is 42.5. The molecule has 0 aromatic heterocycles. The molecule has 14 heteroatoms. The summed E-state index contributed by atoms with van der Waals surface area (Å²) in [7, 11) is 3.21. The summed E-state index contributed by atoms with van der Waals surface area (Å²) in [6.07, 6.45) is -5.15. The molecule has 4 atom stereocenters. The first-order chi connectivity index (χ1) is 22.7. The number of methoxy groups -OCH3 is 1. The normalized spacial score (nSPS) is 20.1. The van der Waals surface area contributed by atoms with Crippen LogP contribution in [-0.2, 0) is 9.53 Å². The number of hydrogen-bond donors (Lipinski definition) is 3. The Balaban J connectivity index is 1.86. The number of fused-ring (bicyclic) bond motifs is 1. The SMILES string of the molecule is COc1ccc(NC(=O)N(C)C[C@@H]2OCCCC[C@H](C)Oc3ccc(NC(=O)CCC(F)(F)F)cc3C(=O)N([C@H](C)CO)C[C@H]2C)cc1. The van der Waals surface area contributed by atoms with Gasteiger partial charge in [0.2, 0.25) is 5.91 Å². The zero-order valence-corrected chi connectivity index (χ0v) is 28.1. The largest absolute Gasteiger partial charge is 0.497 e. The number of anilines is 2. The molecule has 0 radical (unpaired) electrons. The third-order valence-electron chi connectivity index (χ3n) is 8.11. The summed E-state index contributed by atoms with van der Waals surface area (Å²) < 4.78 is 55.6. The van der Waals surface area contributed by atoms with Crippen LogP contribution in [0.1, 0.15) is 63.2 Å². The van der Waals surface area contributed by atoms with Crippen LogP contribution in [0.5, 0.6) is 11.5 Å². The molecule has 1 aliphatic heterocycles. The minimum absolute atomic E-state index is 0.0912. The van der Waals surface area contributed by atoms with Gasteiger partial charge in [-0.1, -0.05) is 6.92 Å². The van der Waals surface area contributed by atoms with Gasteiger partial charge in [-0.3, -0.25) is 9.59 Å². The lowest BCUT2D eigenvalue weighted by molar-refractivity contribution is -0.142. The van der Waals surface area contributed by atoms with Crippen molar-refractivity contribution in [3.8, 4) is 11.5 Å². The van der Waals surface area contributed by atoms with E-state index in [1.54, 1.807) is 45.3 Å². The van der Waals surface area contributed by atoms with Crippen molar-refractivity contribution < 1.29 is 46.9 Å². The first-order valence-electron chi connectivity index (χ1n) is 16.1. The zero-order valence-electron chi connectivity index (χ0n) is 28.1. The van der Waals surface area contributed by atoms with Crippen molar-refractivity contribution in [1.82, 2.24) is 9.80 Å². The second-order valence-electron chi connectivity index (χ2n) is 12.2. The lowest BCUT2D eigenvalue weighted by atomic mass is 10.0. The van der Waals surface area contributed by atoms with Gasteiger partial charge < -0.3 is 39.8 Å². The van der Waals surface area contributed by atoms with Crippen molar-refractivity contribution in [3.05, 3.63) is 48.0 Å². The number of nitrogens with one attached hydrogen (secondary N) is 2. The zero-order chi connectivity index (χ0) is 35.4. The maximum Gasteiger partial charge on any atom is 0.389 e. The number of halogens is 3. The third kappa shape index (κ3) is 11.9. The maximum atomic E-state index is 14.2. The van der Waals surface area contributed by atoms with Gasteiger partial charge in [-0.25, -0.2) is 4.79 Å². The molecule has 0 unspecified atom stereocenters.